The molecule has 96 valence electrons. The number of ether oxygens (including phenoxy) is 1. The van der Waals surface area contributed by atoms with Crippen LogP contribution >= 0.6 is 0 Å². The van der Waals surface area contributed by atoms with E-state index in [0.29, 0.717) is 19.4 Å². The molecule has 1 fully saturated rings. The number of piperidine rings is 1. The predicted molar refractivity (Wildman–Crippen MR) is 62.2 cm³/mol. The Labute approximate surface area is 102 Å². The number of carbonyl (C=O) groups is 1. The van der Waals surface area contributed by atoms with E-state index in [0.717, 1.165) is 0 Å². The molecule has 0 aromatic rings. The van der Waals surface area contributed by atoms with Crippen molar-refractivity contribution in [2.24, 2.45) is 5.92 Å². The minimum Gasteiger partial charge on any atom is -0.444 e. The zero-order valence-electron chi connectivity index (χ0n) is 10.6. The molecule has 17 heavy (non-hydrogen) atoms. The highest BCUT2D eigenvalue weighted by Crippen LogP contribution is 2.24. The Morgan fingerprint density at radius 3 is 2.71 bits per heavy atom. The van der Waals surface area contributed by atoms with Gasteiger partial charge in [0.15, 0.2) is 0 Å². The van der Waals surface area contributed by atoms with Crippen LogP contribution in [-0.2, 0) is 4.74 Å². The summed E-state index contributed by atoms with van der Waals surface area (Å²) in [6.07, 6.45) is 0.756. The van der Waals surface area contributed by atoms with Crippen LogP contribution < -0.4 is 0 Å². The molecule has 1 N–H and O–H groups in total. The van der Waals surface area contributed by atoms with Gasteiger partial charge in [-0.05, 0) is 33.6 Å². The van der Waals surface area contributed by atoms with E-state index in [-0.39, 0.29) is 18.6 Å². The summed E-state index contributed by atoms with van der Waals surface area (Å²) in [5.74, 6) is -0.0779. The maximum Gasteiger partial charge on any atom is 0.410 e. The number of carbonyl (C=O) groups excluding carboxylic acids is 1. The quantitative estimate of drug-likeness (QED) is 0.754. The third-order valence-electron chi connectivity index (χ3n) is 2.74. The first-order valence-corrected chi connectivity index (χ1v) is 5.87. The van der Waals surface area contributed by atoms with Gasteiger partial charge in [-0.3, -0.25) is 0 Å². The Balaban J connectivity index is 2.64. The Kier molecular flexibility index (Phi) is 4.35. The fourth-order valence-corrected chi connectivity index (χ4v) is 1.90. The van der Waals surface area contributed by atoms with E-state index in [9.17, 15) is 9.90 Å². The van der Waals surface area contributed by atoms with Gasteiger partial charge in [0.25, 0.3) is 0 Å². The van der Waals surface area contributed by atoms with E-state index in [2.05, 4.69) is 6.07 Å². The molecular formula is C12H20N2O3. The van der Waals surface area contributed by atoms with Crippen molar-refractivity contribution in [3.63, 3.8) is 0 Å². The lowest BCUT2D eigenvalue weighted by Gasteiger charge is -2.37. The molecule has 0 saturated carbocycles. The highest BCUT2D eigenvalue weighted by molar-refractivity contribution is 5.68. The van der Waals surface area contributed by atoms with Crippen molar-refractivity contribution in [1.82, 2.24) is 4.90 Å². The Morgan fingerprint density at radius 1 is 1.59 bits per heavy atom. The molecule has 1 heterocycles. The summed E-state index contributed by atoms with van der Waals surface area (Å²) in [5.41, 5.74) is -0.539. The summed E-state index contributed by atoms with van der Waals surface area (Å²) < 4.78 is 5.27. The minimum absolute atomic E-state index is 0.0779. The number of aliphatic hydroxyl groups excluding tert-OH is 1. The third-order valence-corrected chi connectivity index (χ3v) is 2.74. The first-order chi connectivity index (χ1) is 7.87. The molecule has 0 aromatic heterocycles. The fourth-order valence-electron chi connectivity index (χ4n) is 1.90. The molecule has 0 aliphatic carbocycles. The Bertz CT molecular complexity index is 317. The van der Waals surface area contributed by atoms with Crippen LogP contribution in [0.25, 0.3) is 0 Å². The number of hydrogen-bond acceptors (Lipinski definition) is 4. The van der Waals surface area contributed by atoms with E-state index in [1.807, 2.05) is 0 Å². The van der Waals surface area contributed by atoms with Gasteiger partial charge in [-0.2, -0.15) is 5.26 Å². The molecular weight excluding hydrogens is 220 g/mol. The highest BCUT2D eigenvalue weighted by atomic mass is 16.6. The lowest BCUT2D eigenvalue weighted by atomic mass is 9.93. The van der Waals surface area contributed by atoms with Crippen LogP contribution in [0.5, 0.6) is 0 Å². The summed E-state index contributed by atoms with van der Waals surface area (Å²) in [7, 11) is 0. The highest BCUT2D eigenvalue weighted by Gasteiger charge is 2.33. The topological polar surface area (TPSA) is 73.6 Å². The lowest BCUT2D eigenvalue weighted by Crippen LogP contribution is -2.49. The maximum absolute atomic E-state index is 11.9. The third kappa shape index (κ3) is 3.90. The summed E-state index contributed by atoms with van der Waals surface area (Å²) in [5, 5.41) is 18.1. The number of likely N-dealkylation sites (tertiary alicyclic amines) is 1. The van der Waals surface area contributed by atoms with Crippen molar-refractivity contribution in [2.75, 3.05) is 13.2 Å². The van der Waals surface area contributed by atoms with E-state index in [1.54, 1.807) is 20.8 Å². The molecule has 0 aromatic carbocycles. The second-order valence-electron chi connectivity index (χ2n) is 5.36. The summed E-state index contributed by atoms with van der Waals surface area (Å²) in [6, 6.07) is 1.88. The second-order valence-corrected chi connectivity index (χ2v) is 5.36. The summed E-state index contributed by atoms with van der Waals surface area (Å²) >= 11 is 0. The van der Waals surface area contributed by atoms with Crippen LogP contribution in [0.15, 0.2) is 0 Å². The SMILES string of the molecule is CC(C)(C)OC(=O)N1CCC(C#N)C[C@H]1CO. The van der Waals surface area contributed by atoms with Gasteiger partial charge in [-0.25, -0.2) is 4.79 Å². The molecule has 2 atom stereocenters. The predicted octanol–water partition coefficient (Wildman–Crippen LogP) is 1.52. The number of rotatable bonds is 1. The first-order valence-electron chi connectivity index (χ1n) is 5.87. The molecule has 1 aliphatic rings. The van der Waals surface area contributed by atoms with Crippen LogP contribution in [0.4, 0.5) is 4.79 Å². The molecule has 1 rings (SSSR count). The molecule has 1 unspecified atom stereocenters. The van der Waals surface area contributed by atoms with E-state index in [1.165, 1.54) is 4.90 Å². The van der Waals surface area contributed by atoms with Crippen molar-refractivity contribution in [3.8, 4) is 6.07 Å². The zero-order valence-corrected chi connectivity index (χ0v) is 10.6. The largest absolute Gasteiger partial charge is 0.444 e. The van der Waals surface area contributed by atoms with Crippen molar-refractivity contribution < 1.29 is 14.6 Å². The molecule has 1 aliphatic heterocycles. The second kappa shape index (κ2) is 5.37. The molecule has 5 nitrogen and oxygen atoms in total. The fraction of sp³-hybridized carbons (Fsp3) is 0.833. The number of aliphatic hydroxyl groups is 1. The molecule has 0 radical (unpaired) electrons. The standard InChI is InChI=1S/C12H20N2O3/c1-12(2,3)17-11(16)14-5-4-9(7-13)6-10(14)8-15/h9-10,15H,4-6,8H2,1-3H3/t9?,10-/m0/s1. The van der Waals surface area contributed by atoms with Gasteiger partial charge in [-0.1, -0.05) is 0 Å². The van der Waals surface area contributed by atoms with Crippen molar-refractivity contribution >= 4 is 6.09 Å². The summed E-state index contributed by atoms with van der Waals surface area (Å²) in [4.78, 5) is 13.4. The lowest BCUT2D eigenvalue weighted by molar-refractivity contribution is -0.00162. The monoisotopic (exact) mass is 240 g/mol. The van der Waals surface area contributed by atoms with Gasteiger partial charge in [0, 0.05) is 6.54 Å². The van der Waals surface area contributed by atoms with Crippen molar-refractivity contribution in [3.05, 3.63) is 0 Å². The molecule has 1 saturated heterocycles. The normalized spacial score (nSPS) is 25.2. The van der Waals surface area contributed by atoms with Gasteiger partial charge < -0.3 is 14.7 Å². The van der Waals surface area contributed by atoms with Crippen LogP contribution in [-0.4, -0.2) is 40.9 Å². The average molecular weight is 240 g/mol. The van der Waals surface area contributed by atoms with Crippen LogP contribution in [0, 0.1) is 17.2 Å². The first kappa shape index (κ1) is 13.8. The zero-order chi connectivity index (χ0) is 13.1. The summed E-state index contributed by atoms with van der Waals surface area (Å²) in [6.45, 7) is 5.76. The number of amides is 1. The Hall–Kier alpha value is -1.28. The smallest absolute Gasteiger partial charge is 0.410 e. The van der Waals surface area contributed by atoms with Crippen LogP contribution in [0.2, 0.25) is 0 Å². The van der Waals surface area contributed by atoms with Crippen molar-refractivity contribution in [2.45, 2.75) is 45.3 Å². The Morgan fingerprint density at radius 2 is 2.24 bits per heavy atom. The molecule has 5 heteroatoms. The van der Waals surface area contributed by atoms with Gasteiger partial charge in [-0.15, -0.1) is 0 Å². The molecule has 0 spiro atoms. The van der Waals surface area contributed by atoms with E-state index < -0.39 is 11.7 Å². The van der Waals surface area contributed by atoms with E-state index >= 15 is 0 Å². The number of nitrogens with zero attached hydrogens (tertiary/aromatic N) is 2. The van der Waals surface area contributed by atoms with Gasteiger partial charge >= 0.3 is 6.09 Å². The van der Waals surface area contributed by atoms with E-state index in [4.69, 9.17) is 10.00 Å². The number of hydrogen-bond donors (Lipinski definition) is 1. The van der Waals surface area contributed by atoms with Crippen molar-refractivity contribution in [1.29, 1.82) is 5.26 Å². The van der Waals surface area contributed by atoms with Gasteiger partial charge in [0.1, 0.15) is 5.60 Å². The van der Waals surface area contributed by atoms with Crippen LogP contribution in [0.1, 0.15) is 33.6 Å². The van der Waals surface area contributed by atoms with Gasteiger partial charge in [0.2, 0.25) is 0 Å². The maximum atomic E-state index is 11.9. The van der Waals surface area contributed by atoms with Gasteiger partial charge in [0.05, 0.1) is 24.6 Å². The average Bonchev–Trinajstić information content (AvgIpc) is 2.25. The van der Waals surface area contributed by atoms with Crippen LogP contribution in [0.3, 0.4) is 0 Å². The number of nitriles is 1. The minimum atomic E-state index is -0.539. The molecule has 1 amide bonds. The molecule has 0 bridgehead atoms.